The van der Waals surface area contributed by atoms with Crippen LogP contribution in [0.5, 0.6) is 5.75 Å². The molecule has 1 amide bonds. The van der Waals surface area contributed by atoms with Crippen LogP contribution in [0, 0.1) is 0 Å². The van der Waals surface area contributed by atoms with Gasteiger partial charge in [0.25, 0.3) is 0 Å². The minimum absolute atomic E-state index is 0.0403. The highest BCUT2D eigenvalue weighted by Crippen LogP contribution is 2.27. The molecule has 0 spiro atoms. The molecule has 3 rings (SSSR count). The lowest BCUT2D eigenvalue weighted by atomic mass is 10.0. The lowest BCUT2D eigenvalue weighted by Gasteiger charge is -2.35. The second kappa shape index (κ2) is 9.82. The normalized spacial score (nSPS) is 17.6. The van der Waals surface area contributed by atoms with Gasteiger partial charge in [-0.25, -0.2) is 4.98 Å². The minimum atomic E-state index is 0.0403. The van der Waals surface area contributed by atoms with E-state index in [0.29, 0.717) is 25.6 Å². The van der Waals surface area contributed by atoms with E-state index in [4.69, 9.17) is 15.5 Å². The van der Waals surface area contributed by atoms with E-state index in [2.05, 4.69) is 15.6 Å². The standard InChI is InChI=1S/C20H28N4O2S/c1-26-18-7-5-15(6-8-18)20-23-16(14-27-20)13-24-11-3-2-4-17(24)12-22-19(25)9-10-21/h5-8,14,17H,2-4,9-13,21H2,1H3,(H,22,25). The van der Waals surface area contributed by atoms with Crippen molar-refractivity contribution in [3.8, 4) is 16.3 Å². The summed E-state index contributed by atoms with van der Waals surface area (Å²) in [5.41, 5.74) is 7.65. The molecule has 2 aromatic rings. The van der Waals surface area contributed by atoms with Crippen LogP contribution in [0.15, 0.2) is 29.6 Å². The van der Waals surface area contributed by atoms with E-state index in [1.54, 1.807) is 18.4 Å². The van der Waals surface area contributed by atoms with Gasteiger partial charge in [0.1, 0.15) is 10.8 Å². The molecule has 1 aromatic heterocycles. The van der Waals surface area contributed by atoms with E-state index >= 15 is 0 Å². The zero-order valence-electron chi connectivity index (χ0n) is 15.8. The molecular formula is C20H28N4O2S. The lowest BCUT2D eigenvalue weighted by molar-refractivity contribution is -0.121. The van der Waals surface area contributed by atoms with Gasteiger partial charge in [-0.2, -0.15) is 0 Å². The Kier molecular flexibility index (Phi) is 7.20. The molecule has 0 bridgehead atoms. The molecule has 1 aromatic carbocycles. The van der Waals surface area contributed by atoms with Gasteiger partial charge in [0.2, 0.25) is 5.91 Å². The second-order valence-corrected chi connectivity index (χ2v) is 7.69. The Morgan fingerprint density at radius 2 is 2.19 bits per heavy atom. The van der Waals surface area contributed by atoms with Crippen LogP contribution in [0.25, 0.3) is 10.6 Å². The molecule has 1 atom stereocenters. The summed E-state index contributed by atoms with van der Waals surface area (Å²) in [6.07, 6.45) is 3.91. The number of thiazole rings is 1. The van der Waals surface area contributed by atoms with E-state index in [9.17, 15) is 4.79 Å². The van der Waals surface area contributed by atoms with Gasteiger partial charge >= 0.3 is 0 Å². The first-order valence-corrected chi connectivity index (χ1v) is 10.4. The minimum Gasteiger partial charge on any atom is -0.497 e. The van der Waals surface area contributed by atoms with Crippen molar-refractivity contribution in [3.05, 3.63) is 35.3 Å². The molecular weight excluding hydrogens is 360 g/mol. The lowest BCUT2D eigenvalue weighted by Crippen LogP contribution is -2.46. The molecule has 27 heavy (non-hydrogen) atoms. The first kappa shape index (κ1) is 19.8. The Balaban J connectivity index is 1.60. The van der Waals surface area contributed by atoms with Gasteiger partial charge in [0, 0.05) is 43.0 Å². The third-order valence-electron chi connectivity index (χ3n) is 4.91. The SMILES string of the molecule is COc1ccc(-c2nc(CN3CCCCC3CNC(=O)CCN)cs2)cc1. The summed E-state index contributed by atoms with van der Waals surface area (Å²) in [7, 11) is 1.67. The van der Waals surface area contributed by atoms with Gasteiger partial charge in [-0.05, 0) is 43.7 Å². The molecule has 6 nitrogen and oxygen atoms in total. The second-order valence-electron chi connectivity index (χ2n) is 6.84. The molecule has 146 valence electrons. The maximum Gasteiger partial charge on any atom is 0.221 e. The third kappa shape index (κ3) is 5.51. The summed E-state index contributed by atoms with van der Waals surface area (Å²) in [5, 5.41) is 6.18. The number of nitrogens with one attached hydrogen (secondary N) is 1. The Morgan fingerprint density at radius 1 is 1.37 bits per heavy atom. The highest BCUT2D eigenvalue weighted by Gasteiger charge is 2.23. The smallest absolute Gasteiger partial charge is 0.221 e. The van der Waals surface area contributed by atoms with E-state index in [1.165, 1.54) is 12.8 Å². The molecule has 1 aliphatic rings. The number of hydrogen-bond donors (Lipinski definition) is 2. The molecule has 2 heterocycles. The maximum absolute atomic E-state index is 11.7. The van der Waals surface area contributed by atoms with Gasteiger partial charge < -0.3 is 15.8 Å². The molecule has 0 aliphatic carbocycles. The Labute approximate surface area is 164 Å². The summed E-state index contributed by atoms with van der Waals surface area (Å²) in [6.45, 7) is 2.96. The van der Waals surface area contributed by atoms with Gasteiger partial charge in [0.15, 0.2) is 0 Å². The first-order valence-electron chi connectivity index (χ1n) is 9.49. The number of benzene rings is 1. The summed E-state index contributed by atoms with van der Waals surface area (Å²) < 4.78 is 5.22. The van der Waals surface area contributed by atoms with Gasteiger partial charge in [-0.3, -0.25) is 9.69 Å². The van der Waals surface area contributed by atoms with E-state index in [-0.39, 0.29) is 5.91 Å². The third-order valence-corrected chi connectivity index (χ3v) is 5.85. The zero-order valence-corrected chi connectivity index (χ0v) is 16.6. The molecule has 1 unspecified atom stereocenters. The summed E-state index contributed by atoms with van der Waals surface area (Å²) in [4.78, 5) is 19.0. The van der Waals surface area contributed by atoms with Crippen molar-refractivity contribution in [1.82, 2.24) is 15.2 Å². The number of ether oxygens (including phenoxy) is 1. The zero-order chi connectivity index (χ0) is 19.1. The predicted octanol–water partition coefficient (Wildman–Crippen LogP) is 2.64. The largest absolute Gasteiger partial charge is 0.497 e. The average Bonchev–Trinajstić information content (AvgIpc) is 3.16. The average molecular weight is 389 g/mol. The van der Waals surface area contributed by atoms with Crippen molar-refractivity contribution in [2.45, 2.75) is 38.3 Å². The van der Waals surface area contributed by atoms with E-state index in [0.717, 1.165) is 41.5 Å². The van der Waals surface area contributed by atoms with Crippen LogP contribution in [0.2, 0.25) is 0 Å². The van der Waals surface area contributed by atoms with Gasteiger partial charge in [-0.15, -0.1) is 11.3 Å². The van der Waals surface area contributed by atoms with Crippen LogP contribution in [0.4, 0.5) is 0 Å². The van der Waals surface area contributed by atoms with Crippen LogP contribution >= 0.6 is 11.3 Å². The molecule has 1 aliphatic heterocycles. The van der Waals surface area contributed by atoms with Crippen molar-refractivity contribution in [1.29, 1.82) is 0 Å². The van der Waals surface area contributed by atoms with Crippen LogP contribution in [-0.4, -0.2) is 48.6 Å². The number of aromatic nitrogens is 1. The molecule has 0 radical (unpaired) electrons. The number of nitrogens with two attached hydrogens (primary N) is 1. The molecule has 3 N–H and O–H groups in total. The summed E-state index contributed by atoms with van der Waals surface area (Å²) in [6, 6.07) is 8.37. The van der Waals surface area contributed by atoms with Crippen LogP contribution in [-0.2, 0) is 11.3 Å². The van der Waals surface area contributed by atoms with Crippen LogP contribution < -0.4 is 15.8 Å². The quantitative estimate of drug-likeness (QED) is 0.727. The molecule has 1 saturated heterocycles. The number of nitrogens with zero attached hydrogens (tertiary/aromatic N) is 2. The topological polar surface area (TPSA) is 80.5 Å². The highest BCUT2D eigenvalue weighted by atomic mass is 32.1. The summed E-state index contributed by atoms with van der Waals surface area (Å²) >= 11 is 1.67. The number of hydrogen-bond acceptors (Lipinski definition) is 6. The van der Waals surface area contributed by atoms with Crippen molar-refractivity contribution < 1.29 is 9.53 Å². The Hall–Kier alpha value is -1.96. The highest BCUT2D eigenvalue weighted by molar-refractivity contribution is 7.13. The Morgan fingerprint density at radius 3 is 2.93 bits per heavy atom. The van der Waals surface area contributed by atoms with E-state index < -0.39 is 0 Å². The number of carbonyl (C=O) groups is 1. The van der Waals surface area contributed by atoms with Crippen LogP contribution in [0.3, 0.4) is 0 Å². The van der Waals surface area contributed by atoms with Crippen LogP contribution in [0.1, 0.15) is 31.4 Å². The number of carbonyl (C=O) groups excluding carboxylic acids is 1. The molecule has 0 saturated carbocycles. The molecule has 1 fully saturated rings. The number of rotatable bonds is 8. The summed E-state index contributed by atoms with van der Waals surface area (Å²) in [5.74, 6) is 0.891. The van der Waals surface area contributed by atoms with Gasteiger partial charge in [0.05, 0.1) is 12.8 Å². The predicted molar refractivity (Wildman–Crippen MR) is 109 cm³/mol. The number of amides is 1. The number of piperidine rings is 1. The van der Waals surface area contributed by atoms with Crippen molar-refractivity contribution in [2.24, 2.45) is 5.73 Å². The monoisotopic (exact) mass is 388 g/mol. The Bertz CT molecular complexity index is 732. The van der Waals surface area contributed by atoms with Crippen molar-refractivity contribution in [2.75, 3.05) is 26.7 Å². The maximum atomic E-state index is 11.7. The molecule has 7 heteroatoms. The van der Waals surface area contributed by atoms with Gasteiger partial charge in [-0.1, -0.05) is 6.42 Å². The number of likely N-dealkylation sites (tertiary alicyclic amines) is 1. The fraction of sp³-hybridized carbons (Fsp3) is 0.500. The fourth-order valence-electron chi connectivity index (χ4n) is 3.40. The van der Waals surface area contributed by atoms with Crippen molar-refractivity contribution >= 4 is 17.2 Å². The number of methoxy groups -OCH3 is 1. The van der Waals surface area contributed by atoms with E-state index in [1.807, 2.05) is 24.3 Å². The fourth-order valence-corrected chi connectivity index (χ4v) is 4.22. The van der Waals surface area contributed by atoms with Crippen molar-refractivity contribution in [3.63, 3.8) is 0 Å². The first-order chi connectivity index (χ1) is 13.2.